The number of imidazole rings is 1. The molecule has 1 saturated heterocycles. The van der Waals surface area contributed by atoms with Crippen molar-refractivity contribution < 1.29 is 35.5 Å². The Morgan fingerprint density at radius 1 is 0.976 bits per heavy atom. The lowest BCUT2D eigenvalue weighted by atomic mass is 10.0. The van der Waals surface area contributed by atoms with Gasteiger partial charge in [0.25, 0.3) is 15.9 Å². The van der Waals surface area contributed by atoms with Gasteiger partial charge in [0.2, 0.25) is 0 Å². The maximum atomic E-state index is 13.8. The van der Waals surface area contributed by atoms with Gasteiger partial charge in [-0.25, -0.2) is 21.9 Å². The first kappa shape index (κ1) is 31.8. The zero-order valence-corrected chi connectivity index (χ0v) is 24.4. The number of carbonyl (C=O) groups excluding carboxylic acids is 1. The maximum Gasteiger partial charge on any atom is 0.406 e. The number of piperidine rings is 1. The van der Waals surface area contributed by atoms with Crippen molar-refractivity contribution >= 4 is 39.4 Å². The van der Waals surface area contributed by atoms with Crippen LogP contribution in [0.2, 0.25) is 0 Å². The Bertz CT molecular complexity index is 1630. The van der Waals surface area contributed by atoms with Crippen LogP contribution in [-0.2, 0) is 16.6 Å². The van der Waals surface area contributed by atoms with Crippen LogP contribution in [0.15, 0.2) is 46.1 Å². The van der Waals surface area contributed by atoms with E-state index < -0.39 is 40.2 Å². The van der Waals surface area contributed by atoms with Gasteiger partial charge >= 0.3 is 11.9 Å². The van der Waals surface area contributed by atoms with E-state index in [0.29, 0.717) is 62.2 Å². The van der Waals surface area contributed by atoms with Gasteiger partial charge in [-0.15, -0.1) is 12.4 Å². The second kappa shape index (κ2) is 12.3. The second-order valence-electron chi connectivity index (χ2n) is 10.2. The summed E-state index contributed by atoms with van der Waals surface area (Å²) < 4.78 is 87.3. The van der Waals surface area contributed by atoms with E-state index >= 15 is 0 Å². The number of benzene rings is 2. The van der Waals surface area contributed by atoms with Crippen molar-refractivity contribution in [3.8, 4) is 5.75 Å². The van der Waals surface area contributed by atoms with Crippen molar-refractivity contribution in [2.75, 3.05) is 32.8 Å². The molecule has 0 bridgehead atoms. The summed E-state index contributed by atoms with van der Waals surface area (Å²) in [5.74, 6) is -0.861. The van der Waals surface area contributed by atoms with E-state index in [2.05, 4.69) is 4.90 Å². The molecule has 1 fully saturated rings. The third kappa shape index (κ3) is 6.16. The summed E-state index contributed by atoms with van der Waals surface area (Å²) >= 11 is 0. The lowest BCUT2D eigenvalue weighted by Gasteiger charge is -2.32. The molecule has 0 aliphatic carbocycles. The molecule has 3 heterocycles. The summed E-state index contributed by atoms with van der Waals surface area (Å²) in [6, 6.07) is 7.46. The number of halogens is 5. The predicted molar refractivity (Wildman–Crippen MR) is 149 cm³/mol. The standard InChI is InChI=1S/C27H30F4N4O5S.ClH/c1-2-40-20-6-8-24-21(16-20)25(36)34(41(24,38)39)12-4-3-11-32-13-9-19(10-14-32)35-22-7-5-18(28)15-23(22)33(26(35)37)17-27(29,30)31;/h5-8,15-16,19H,2-4,9-14,17H2,1H3;1H. The average Bonchev–Trinajstić information content (AvgIpc) is 3.27. The topological polar surface area (TPSA) is 93.8 Å². The van der Waals surface area contributed by atoms with Crippen LogP contribution in [0.1, 0.15) is 49.0 Å². The molecular weight excluding hydrogens is 604 g/mol. The molecule has 9 nitrogen and oxygen atoms in total. The third-order valence-corrected chi connectivity index (χ3v) is 9.40. The first-order valence-corrected chi connectivity index (χ1v) is 14.9. The van der Waals surface area contributed by atoms with E-state index in [0.717, 1.165) is 16.4 Å². The highest BCUT2D eigenvalue weighted by atomic mass is 35.5. The number of rotatable bonds is 9. The first-order chi connectivity index (χ1) is 19.4. The summed E-state index contributed by atoms with van der Waals surface area (Å²) in [6.07, 6.45) is -2.54. The minimum Gasteiger partial charge on any atom is -0.494 e. The Morgan fingerprint density at radius 2 is 1.67 bits per heavy atom. The van der Waals surface area contributed by atoms with Crippen LogP contribution in [0.25, 0.3) is 11.0 Å². The van der Waals surface area contributed by atoms with Crippen LogP contribution in [0.5, 0.6) is 5.75 Å². The molecule has 2 aliphatic heterocycles. The minimum absolute atomic E-state index is 0. The number of hydrogen-bond donors (Lipinski definition) is 0. The molecule has 0 radical (unpaired) electrons. The Kier molecular flexibility index (Phi) is 9.28. The predicted octanol–water partition coefficient (Wildman–Crippen LogP) is 4.59. The van der Waals surface area contributed by atoms with Gasteiger partial charge in [-0.05, 0) is 75.5 Å². The molecule has 0 spiro atoms. The zero-order chi connectivity index (χ0) is 29.5. The molecule has 0 N–H and O–H groups in total. The molecular formula is C27H31ClF4N4O5S. The number of alkyl halides is 3. The molecule has 5 rings (SSSR count). The SMILES string of the molecule is CCOc1ccc2c(c1)C(=O)N(CCCCN1CCC(n3c(=O)n(CC(F)(F)F)c4cc(F)ccc43)CC1)S2(=O)=O.Cl. The highest BCUT2D eigenvalue weighted by Crippen LogP contribution is 2.33. The summed E-state index contributed by atoms with van der Waals surface area (Å²) in [5, 5.41) is 0. The van der Waals surface area contributed by atoms with Gasteiger partial charge in [-0.2, -0.15) is 13.2 Å². The molecule has 42 heavy (non-hydrogen) atoms. The number of amides is 1. The second-order valence-corrected chi connectivity index (χ2v) is 12.1. The average molecular weight is 635 g/mol. The van der Waals surface area contributed by atoms with Crippen molar-refractivity contribution in [1.82, 2.24) is 18.3 Å². The number of fused-ring (bicyclic) bond motifs is 2. The molecule has 2 aliphatic rings. The number of aromatic nitrogens is 2. The highest BCUT2D eigenvalue weighted by Gasteiger charge is 2.41. The number of ether oxygens (including phenoxy) is 1. The van der Waals surface area contributed by atoms with E-state index in [-0.39, 0.29) is 46.5 Å². The van der Waals surface area contributed by atoms with Gasteiger partial charge in [0, 0.05) is 25.7 Å². The van der Waals surface area contributed by atoms with Crippen LogP contribution in [0.3, 0.4) is 0 Å². The molecule has 1 aromatic heterocycles. The van der Waals surface area contributed by atoms with E-state index in [1.54, 1.807) is 6.92 Å². The smallest absolute Gasteiger partial charge is 0.406 e. The largest absolute Gasteiger partial charge is 0.494 e. The van der Waals surface area contributed by atoms with Crippen LogP contribution in [0.4, 0.5) is 17.6 Å². The number of carbonyl (C=O) groups is 1. The normalized spacial score (nSPS) is 17.5. The molecule has 0 saturated carbocycles. The number of likely N-dealkylation sites (tertiary alicyclic amines) is 1. The molecule has 230 valence electrons. The van der Waals surface area contributed by atoms with Gasteiger partial charge in [-0.1, -0.05) is 0 Å². The third-order valence-electron chi connectivity index (χ3n) is 7.56. The number of sulfonamides is 1. The number of hydrogen-bond acceptors (Lipinski definition) is 6. The summed E-state index contributed by atoms with van der Waals surface area (Å²) in [5.41, 5.74) is -0.526. The molecule has 3 aromatic rings. The van der Waals surface area contributed by atoms with Crippen molar-refractivity contribution in [3.05, 3.63) is 58.3 Å². The Labute approximate surface area is 246 Å². The molecule has 1 amide bonds. The van der Waals surface area contributed by atoms with Gasteiger partial charge in [0.05, 0.1) is 23.2 Å². The van der Waals surface area contributed by atoms with Crippen molar-refractivity contribution in [2.45, 2.75) is 56.3 Å². The fourth-order valence-electron chi connectivity index (χ4n) is 5.67. The van der Waals surface area contributed by atoms with Crippen molar-refractivity contribution in [3.63, 3.8) is 0 Å². The quantitative estimate of drug-likeness (QED) is 0.253. The Hall–Kier alpha value is -3.10. The fraction of sp³-hybridized carbons (Fsp3) is 0.481. The van der Waals surface area contributed by atoms with E-state index in [1.165, 1.54) is 28.8 Å². The minimum atomic E-state index is -4.63. The van der Waals surface area contributed by atoms with Gasteiger partial charge in [-0.3, -0.25) is 13.9 Å². The van der Waals surface area contributed by atoms with Gasteiger partial charge < -0.3 is 9.64 Å². The highest BCUT2D eigenvalue weighted by molar-refractivity contribution is 7.90. The van der Waals surface area contributed by atoms with E-state index in [4.69, 9.17) is 4.74 Å². The van der Waals surface area contributed by atoms with Crippen LogP contribution < -0.4 is 10.4 Å². The van der Waals surface area contributed by atoms with Crippen molar-refractivity contribution in [1.29, 1.82) is 0 Å². The van der Waals surface area contributed by atoms with E-state index in [9.17, 15) is 35.6 Å². The van der Waals surface area contributed by atoms with Gasteiger partial charge in [0.15, 0.2) is 0 Å². The molecule has 15 heteroatoms. The monoisotopic (exact) mass is 634 g/mol. The maximum absolute atomic E-state index is 13.8. The summed E-state index contributed by atoms with van der Waals surface area (Å²) in [6.45, 7) is 2.52. The number of nitrogens with zero attached hydrogens (tertiary/aromatic N) is 4. The summed E-state index contributed by atoms with van der Waals surface area (Å²) in [4.78, 5) is 27.9. The Balaban J connectivity index is 0.00000405. The lowest BCUT2D eigenvalue weighted by molar-refractivity contribution is -0.140. The first-order valence-electron chi connectivity index (χ1n) is 13.4. The Morgan fingerprint density at radius 3 is 2.33 bits per heavy atom. The van der Waals surface area contributed by atoms with Gasteiger partial charge in [0.1, 0.15) is 23.0 Å². The molecule has 0 unspecified atom stereocenters. The summed E-state index contributed by atoms with van der Waals surface area (Å²) in [7, 11) is -3.92. The van der Waals surface area contributed by atoms with Crippen molar-refractivity contribution in [2.24, 2.45) is 0 Å². The lowest BCUT2D eigenvalue weighted by Crippen LogP contribution is -2.39. The van der Waals surface area contributed by atoms with E-state index in [1.807, 2.05) is 0 Å². The zero-order valence-electron chi connectivity index (χ0n) is 22.8. The number of unbranched alkanes of at least 4 members (excludes halogenated alkanes) is 1. The van der Waals surface area contributed by atoms with Crippen LogP contribution in [-0.4, -0.2) is 71.6 Å². The molecule has 0 atom stereocenters. The van der Waals surface area contributed by atoms with Crippen LogP contribution in [0, 0.1) is 5.82 Å². The van der Waals surface area contributed by atoms with Crippen LogP contribution >= 0.6 is 12.4 Å². The fourth-order valence-corrected chi connectivity index (χ4v) is 7.26. The molecule has 2 aromatic carbocycles.